The van der Waals surface area contributed by atoms with Crippen molar-refractivity contribution < 1.29 is 5.11 Å². The van der Waals surface area contributed by atoms with Crippen molar-refractivity contribution >= 4 is 21.4 Å². The van der Waals surface area contributed by atoms with Gasteiger partial charge < -0.3 is 5.11 Å². The van der Waals surface area contributed by atoms with E-state index in [0.29, 0.717) is 0 Å². The topological polar surface area (TPSA) is 20.2 Å². The first-order chi connectivity index (χ1) is 8.27. The summed E-state index contributed by atoms with van der Waals surface area (Å²) in [6.45, 7) is 0. The molecule has 0 saturated heterocycles. The van der Waals surface area contributed by atoms with Crippen LogP contribution in [0.3, 0.4) is 0 Å². The average Bonchev–Trinajstić information content (AvgIpc) is 2.73. The van der Waals surface area contributed by atoms with Gasteiger partial charge in [0.05, 0.1) is 5.60 Å². The molecule has 1 heterocycles. The number of aliphatic hydroxyl groups is 1. The van der Waals surface area contributed by atoms with Gasteiger partial charge >= 0.3 is 0 Å². The van der Waals surface area contributed by atoms with E-state index in [-0.39, 0.29) is 0 Å². The number of hydrogen-bond donors (Lipinski definition) is 1. The normalized spacial score (nSPS) is 19.6. The smallest absolute Gasteiger partial charge is 0.0688 e. The van der Waals surface area contributed by atoms with E-state index in [2.05, 4.69) is 29.6 Å². The lowest BCUT2D eigenvalue weighted by Crippen LogP contribution is -2.33. The van der Waals surface area contributed by atoms with Gasteiger partial charge in [-0.25, -0.2) is 0 Å². The zero-order chi connectivity index (χ0) is 11.7. The van der Waals surface area contributed by atoms with Gasteiger partial charge in [-0.1, -0.05) is 37.5 Å². The molecule has 1 aliphatic rings. The minimum Gasteiger partial charge on any atom is -0.390 e. The summed E-state index contributed by atoms with van der Waals surface area (Å²) >= 11 is 1.79. The molecule has 2 aromatic rings. The van der Waals surface area contributed by atoms with E-state index in [4.69, 9.17) is 0 Å². The van der Waals surface area contributed by atoms with Gasteiger partial charge in [0.25, 0.3) is 0 Å². The van der Waals surface area contributed by atoms with Crippen LogP contribution in [0, 0.1) is 0 Å². The zero-order valence-electron chi connectivity index (χ0n) is 9.98. The summed E-state index contributed by atoms with van der Waals surface area (Å²) in [7, 11) is 0. The fourth-order valence-corrected chi connectivity index (χ4v) is 3.87. The Morgan fingerprint density at radius 1 is 1.12 bits per heavy atom. The van der Waals surface area contributed by atoms with Crippen molar-refractivity contribution in [1.29, 1.82) is 0 Å². The third kappa shape index (κ3) is 2.24. The Kier molecular flexibility index (Phi) is 2.93. The summed E-state index contributed by atoms with van der Waals surface area (Å²) in [6.07, 6.45) is 6.41. The van der Waals surface area contributed by atoms with Crippen molar-refractivity contribution in [2.45, 2.75) is 44.1 Å². The average molecular weight is 246 g/mol. The second kappa shape index (κ2) is 4.43. The van der Waals surface area contributed by atoms with Gasteiger partial charge in [-0.3, -0.25) is 0 Å². The Morgan fingerprint density at radius 2 is 1.88 bits per heavy atom. The fraction of sp³-hybridized carbons (Fsp3) is 0.467. The molecule has 1 N–H and O–H groups in total. The molecule has 0 radical (unpaired) electrons. The van der Waals surface area contributed by atoms with Crippen molar-refractivity contribution in [3.63, 3.8) is 0 Å². The van der Waals surface area contributed by atoms with E-state index in [1.165, 1.54) is 34.9 Å². The molecule has 3 rings (SSSR count). The van der Waals surface area contributed by atoms with E-state index in [9.17, 15) is 5.11 Å². The summed E-state index contributed by atoms with van der Waals surface area (Å²) in [5.74, 6) is 0. The van der Waals surface area contributed by atoms with Gasteiger partial charge in [0, 0.05) is 11.1 Å². The van der Waals surface area contributed by atoms with Crippen LogP contribution in [0.1, 0.15) is 37.7 Å². The third-order valence-corrected chi connectivity index (χ3v) is 4.88. The number of fused-ring (bicyclic) bond motifs is 1. The Balaban J connectivity index is 1.89. The predicted octanol–water partition coefficient (Wildman–Crippen LogP) is 4.14. The molecular weight excluding hydrogens is 228 g/mol. The van der Waals surface area contributed by atoms with E-state index >= 15 is 0 Å². The molecule has 1 saturated carbocycles. The van der Waals surface area contributed by atoms with Crippen LogP contribution in [0.25, 0.3) is 10.1 Å². The second-order valence-corrected chi connectivity index (χ2v) is 6.13. The van der Waals surface area contributed by atoms with Crippen molar-refractivity contribution in [2.75, 3.05) is 0 Å². The first-order valence-electron chi connectivity index (χ1n) is 6.44. The summed E-state index contributed by atoms with van der Waals surface area (Å²) in [5.41, 5.74) is 0.886. The molecule has 0 spiro atoms. The number of hydrogen-bond acceptors (Lipinski definition) is 2. The van der Waals surface area contributed by atoms with Gasteiger partial charge in [0.15, 0.2) is 0 Å². The molecule has 2 heteroatoms. The highest BCUT2D eigenvalue weighted by Crippen LogP contribution is 2.35. The minimum atomic E-state index is -0.442. The van der Waals surface area contributed by atoms with Crippen LogP contribution >= 0.6 is 11.3 Å². The summed E-state index contributed by atoms with van der Waals surface area (Å²) in [6, 6.07) is 8.50. The number of thiophene rings is 1. The van der Waals surface area contributed by atoms with E-state index in [1.807, 2.05) is 0 Å². The molecule has 17 heavy (non-hydrogen) atoms. The predicted molar refractivity (Wildman–Crippen MR) is 73.6 cm³/mol. The lowest BCUT2D eigenvalue weighted by Gasteiger charge is -2.32. The lowest BCUT2D eigenvalue weighted by atomic mass is 9.80. The van der Waals surface area contributed by atoms with E-state index in [0.717, 1.165) is 19.3 Å². The highest BCUT2D eigenvalue weighted by Gasteiger charge is 2.29. The second-order valence-electron chi connectivity index (χ2n) is 5.22. The summed E-state index contributed by atoms with van der Waals surface area (Å²) in [4.78, 5) is 0. The van der Waals surface area contributed by atoms with Gasteiger partial charge in [-0.05, 0) is 35.2 Å². The van der Waals surface area contributed by atoms with Crippen LogP contribution in [0.5, 0.6) is 0 Å². The van der Waals surface area contributed by atoms with Crippen LogP contribution in [0.2, 0.25) is 0 Å². The largest absolute Gasteiger partial charge is 0.390 e. The standard InChI is InChI=1S/C15H18OS/c16-15(8-4-1-5-9-15)10-12-11-17-14-7-3-2-6-13(12)14/h2-3,6-7,11,16H,1,4-5,8-10H2. The van der Waals surface area contributed by atoms with E-state index in [1.54, 1.807) is 11.3 Å². The highest BCUT2D eigenvalue weighted by atomic mass is 32.1. The molecule has 0 bridgehead atoms. The Labute approximate surface area is 106 Å². The molecule has 1 aromatic heterocycles. The van der Waals surface area contributed by atoms with Gasteiger partial charge in [0.1, 0.15) is 0 Å². The van der Waals surface area contributed by atoms with Crippen molar-refractivity contribution in [1.82, 2.24) is 0 Å². The van der Waals surface area contributed by atoms with Crippen LogP contribution in [-0.2, 0) is 6.42 Å². The lowest BCUT2D eigenvalue weighted by molar-refractivity contribution is 0.00484. The molecular formula is C15H18OS. The fourth-order valence-electron chi connectivity index (χ4n) is 2.91. The zero-order valence-corrected chi connectivity index (χ0v) is 10.8. The van der Waals surface area contributed by atoms with Crippen molar-refractivity contribution in [3.05, 3.63) is 35.2 Å². The molecule has 1 aliphatic carbocycles. The van der Waals surface area contributed by atoms with Crippen LogP contribution < -0.4 is 0 Å². The van der Waals surface area contributed by atoms with Gasteiger partial charge in [-0.15, -0.1) is 11.3 Å². The van der Waals surface area contributed by atoms with Crippen LogP contribution in [0.4, 0.5) is 0 Å². The molecule has 0 aliphatic heterocycles. The molecule has 1 fully saturated rings. The Bertz CT molecular complexity index is 508. The summed E-state index contributed by atoms with van der Waals surface area (Å²) in [5, 5.41) is 14.2. The highest BCUT2D eigenvalue weighted by molar-refractivity contribution is 7.17. The number of benzene rings is 1. The summed E-state index contributed by atoms with van der Waals surface area (Å²) < 4.78 is 1.34. The Morgan fingerprint density at radius 3 is 2.71 bits per heavy atom. The first-order valence-corrected chi connectivity index (χ1v) is 7.32. The maximum absolute atomic E-state index is 10.6. The molecule has 90 valence electrons. The van der Waals surface area contributed by atoms with Crippen LogP contribution in [0.15, 0.2) is 29.6 Å². The van der Waals surface area contributed by atoms with E-state index < -0.39 is 5.60 Å². The van der Waals surface area contributed by atoms with Gasteiger partial charge in [0.2, 0.25) is 0 Å². The van der Waals surface area contributed by atoms with Crippen molar-refractivity contribution in [2.24, 2.45) is 0 Å². The molecule has 1 aromatic carbocycles. The molecule has 0 atom stereocenters. The Hall–Kier alpha value is -0.860. The van der Waals surface area contributed by atoms with Crippen LogP contribution in [-0.4, -0.2) is 10.7 Å². The first kappa shape index (κ1) is 11.2. The third-order valence-electron chi connectivity index (χ3n) is 3.86. The molecule has 0 amide bonds. The molecule has 0 unspecified atom stereocenters. The number of rotatable bonds is 2. The maximum Gasteiger partial charge on any atom is 0.0688 e. The van der Waals surface area contributed by atoms with Gasteiger partial charge in [-0.2, -0.15) is 0 Å². The quantitative estimate of drug-likeness (QED) is 0.844. The minimum absolute atomic E-state index is 0.442. The van der Waals surface area contributed by atoms with Crippen molar-refractivity contribution in [3.8, 4) is 0 Å². The molecule has 1 nitrogen and oxygen atoms in total. The monoisotopic (exact) mass is 246 g/mol. The maximum atomic E-state index is 10.6. The SMILES string of the molecule is OC1(Cc2csc3ccccc23)CCCCC1.